The smallest absolute Gasteiger partial charge is 0.344 e. The van der Waals surface area contributed by atoms with Crippen molar-refractivity contribution in [2.75, 3.05) is 0 Å². The average Bonchev–Trinajstić information content (AvgIpc) is 2.78. The molecule has 0 saturated heterocycles. The van der Waals surface area contributed by atoms with Gasteiger partial charge in [-0.1, -0.05) is 25.1 Å². The number of para-hydroxylation sites is 1. The number of hydrogen-bond acceptors (Lipinski definition) is 6. The molecule has 2 aromatic carbocycles. The van der Waals surface area contributed by atoms with Crippen LogP contribution in [0.3, 0.4) is 0 Å². The molecule has 8 heteroatoms. The van der Waals surface area contributed by atoms with E-state index in [1.54, 1.807) is 50.4 Å². The Bertz CT molecular complexity index is 1150. The van der Waals surface area contributed by atoms with Gasteiger partial charge in [0.2, 0.25) is 0 Å². The van der Waals surface area contributed by atoms with Crippen LogP contribution in [0.1, 0.15) is 31.7 Å². The van der Waals surface area contributed by atoms with Crippen molar-refractivity contribution in [3.63, 3.8) is 0 Å². The molecule has 0 aliphatic carbocycles. The fraction of sp³-hybridized carbons (Fsp3) is 0.261. The molecule has 8 nitrogen and oxygen atoms in total. The van der Waals surface area contributed by atoms with Crippen LogP contribution in [0.5, 0.6) is 5.75 Å². The fourth-order valence-corrected chi connectivity index (χ4v) is 3.04. The number of rotatable bonds is 9. The van der Waals surface area contributed by atoms with Crippen LogP contribution in [0.15, 0.2) is 59.4 Å². The predicted octanol–water partition coefficient (Wildman–Crippen LogP) is 3.26. The highest BCUT2D eigenvalue weighted by molar-refractivity contribution is 5.77. The first-order valence-corrected chi connectivity index (χ1v) is 9.93. The number of carboxylic acid groups (broad SMARTS) is 1. The molecule has 0 spiro atoms. The van der Waals surface area contributed by atoms with Gasteiger partial charge in [0, 0.05) is 7.05 Å². The van der Waals surface area contributed by atoms with Crippen molar-refractivity contribution in [1.29, 1.82) is 0 Å². The Morgan fingerprint density at radius 1 is 1.23 bits per heavy atom. The molecule has 31 heavy (non-hydrogen) atoms. The van der Waals surface area contributed by atoms with Gasteiger partial charge in [-0.15, -0.1) is 0 Å². The van der Waals surface area contributed by atoms with Gasteiger partial charge in [0.05, 0.1) is 16.6 Å². The third-order valence-electron chi connectivity index (χ3n) is 4.84. The molecule has 0 radical (unpaired) electrons. The summed E-state index contributed by atoms with van der Waals surface area (Å²) >= 11 is 0. The van der Waals surface area contributed by atoms with Gasteiger partial charge in [0.15, 0.2) is 6.10 Å². The lowest BCUT2D eigenvalue weighted by atomic mass is 10.1. The Morgan fingerprint density at radius 2 is 1.94 bits per heavy atom. The van der Waals surface area contributed by atoms with E-state index in [1.165, 1.54) is 4.57 Å². The van der Waals surface area contributed by atoms with Crippen molar-refractivity contribution in [1.82, 2.24) is 15.0 Å². The van der Waals surface area contributed by atoms with Gasteiger partial charge in [-0.25, -0.2) is 9.78 Å². The molecule has 0 aliphatic rings. The maximum atomic E-state index is 12.5. The Hall–Kier alpha value is -3.65. The summed E-state index contributed by atoms with van der Waals surface area (Å²) < 4.78 is 6.95. The van der Waals surface area contributed by atoms with Gasteiger partial charge in [-0.2, -0.15) is 0 Å². The van der Waals surface area contributed by atoms with Crippen molar-refractivity contribution in [2.45, 2.75) is 33.0 Å². The summed E-state index contributed by atoms with van der Waals surface area (Å²) in [5.41, 5.74) is 4.93. The highest BCUT2D eigenvalue weighted by atomic mass is 16.6. The van der Waals surface area contributed by atoms with E-state index >= 15 is 0 Å². The Morgan fingerprint density at radius 3 is 2.58 bits per heavy atom. The number of hydroxylamine groups is 1. The quantitative estimate of drug-likeness (QED) is 0.509. The molecule has 2 N–H and O–H groups in total. The van der Waals surface area contributed by atoms with E-state index in [9.17, 15) is 9.59 Å². The summed E-state index contributed by atoms with van der Waals surface area (Å²) in [7, 11) is 1.66. The number of aliphatic carboxylic acids is 1. The third-order valence-corrected chi connectivity index (χ3v) is 4.84. The van der Waals surface area contributed by atoms with Gasteiger partial charge >= 0.3 is 5.97 Å². The zero-order valence-corrected chi connectivity index (χ0v) is 17.7. The van der Waals surface area contributed by atoms with Crippen molar-refractivity contribution in [3.05, 3.63) is 76.3 Å². The van der Waals surface area contributed by atoms with Crippen LogP contribution in [0.2, 0.25) is 0 Å². The van der Waals surface area contributed by atoms with Crippen LogP contribution < -0.4 is 15.8 Å². The number of benzene rings is 2. The molecule has 1 aromatic heterocycles. The molecule has 0 amide bonds. The van der Waals surface area contributed by atoms with Gasteiger partial charge < -0.3 is 9.84 Å². The molecule has 162 valence electrons. The number of hydrogen-bond donors (Lipinski definition) is 2. The first-order valence-electron chi connectivity index (χ1n) is 9.93. The minimum Gasteiger partial charge on any atom is -0.479 e. The second kappa shape index (κ2) is 9.90. The summed E-state index contributed by atoms with van der Waals surface area (Å²) in [6, 6.07) is 14.2. The van der Waals surface area contributed by atoms with Crippen molar-refractivity contribution in [3.8, 4) is 5.75 Å². The largest absolute Gasteiger partial charge is 0.479 e. The Labute approximate surface area is 179 Å². The zero-order chi connectivity index (χ0) is 22.4. The first-order chi connectivity index (χ1) is 14.9. The molecule has 0 fully saturated rings. The van der Waals surface area contributed by atoms with Gasteiger partial charge in [0.1, 0.15) is 18.2 Å². The molecule has 3 aromatic rings. The topological polar surface area (TPSA) is 103 Å². The number of fused-ring (bicyclic) bond motifs is 1. The van der Waals surface area contributed by atoms with E-state index in [4.69, 9.17) is 14.7 Å². The van der Waals surface area contributed by atoms with E-state index in [1.807, 2.05) is 25.1 Å². The number of aromatic nitrogens is 2. The Kier molecular flexibility index (Phi) is 7.04. The van der Waals surface area contributed by atoms with Crippen molar-refractivity contribution < 1.29 is 19.5 Å². The van der Waals surface area contributed by atoms with Gasteiger partial charge in [0.25, 0.3) is 5.56 Å². The van der Waals surface area contributed by atoms with E-state index in [-0.39, 0.29) is 12.2 Å². The van der Waals surface area contributed by atoms with Crippen LogP contribution in [0.25, 0.3) is 16.6 Å². The second-order valence-corrected chi connectivity index (χ2v) is 6.88. The number of carbonyl (C=O) groups is 1. The summed E-state index contributed by atoms with van der Waals surface area (Å²) in [4.78, 5) is 33.7. The monoisotopic (exact) mass is 423 g/mol. The van der Waals surface area contributed by atoms with Crippen LogP contribution in [-0.2, 0) is 23.3 Å². The number of nitrogens with one attached hydrogen (secondary N) is 1. The van der Waals surface area contributed by atoms with Crippen LogP contribution >= 0.6 is 0 Å². The summed E-state index contributed by atoms with van der Waals surface area (Å²) in [5.74, 6) is -0.0214. The maximum absolute atomic E-state index is 12.5. The molecular weight excluding hydrogens is 398 g/mol. The van der Waals surface area contributed by atoms with Crippen LogP contribution in [0.4, 0.5) is 0 Å². The number of carboxylic acids is 1. The highest BCUT2D eigenvalue weighted by Crippen LogP contribution is 2.19. The lowest BCUT2D eigenvalue weighted by molar-refractivity contribution is -0.145. The molecule has 0 aliphatic heterocycles. The maximum Gasteiger partial charge on any atom is 0.344 e. The SMILES string of the molecule is CC=C(NOCc1nc2ccccc2c(=O)n1C)c1ccc(OC(CC)C(=O)O)cc1. The lowest BCUT2D eigenvalue weighted by Gasteiger charge is -2.15. The van der Waals surface area contributed by atoms with Gasteiger partial charge in [-0.05, 0) is 55.3 Å². The van der Waals surface area contributed by atoms with E-state index in [2.05, 4.69) is 10.5 Å². The first kappa shape index (κ1) is 22.0. The summed E-state index contributed by atoms with van der Waals surface area (Å²) in [6.45, 7) is 3.70. The van der Waals surface area contributed by atoms with E-state index in [0.717, 1.165) is 5.56 Å². The summed E-state index contributed by atoms with van der Waals surface area (Å²) in [5, 5.41) is 9.68. The molecule has 3 rings (SSSR count). The molecule has 0 bridgehead atoms. The Balaban J connectivity index is 1.66. The second-order valence-electron chi connectivity index (χ2n) is 6.88. The van der Waals surface area contributed by atoms with Crippen molar-refractivity contribution >= 4 is 22.6 Å². The zero-order valence-electron chi connectivity index (χ0n) is 17.7. The van der Waals surface area contributed by atoms with Gasteiger partial charge in [-0.3, -0.25) is 19.7 Å². The average molecular weight is 423 g/mol. The predicted molar refractivity (Wildman–Crippen MR) is 117 cm³/mol. The number of ether oxygens (including phenoxy) is 1. The minimum absolute atomic E-state index is 0.0892. The van der Waals surface area contributed by atoms with Crippen LogP contribution in [0, 0.1) is 0 Å². The molecule has 0 saturated carbocycles. The van der Waals surface area contributed by atoms with E-state index < -0.39 is 12.1 Å². The summed E-state index contributed by atoms with van der Waals surface area (Å²) in [6.07, 6.45) is 1.33. The third kappa shape index (κ3) is 5.10. The molecule has 1 heterocycles. The lowest BCUT2D eigenvalue weighted by Crippen LogP contribution is -2.25. The van der Waals surface area contributed by atoms with Crippen molar-refractivity contribution in [2.24, 2.45) is 7.05 Å². The standard InChI is InChI=1S/C23H25N3O5/c1-4-18(15-10-12-16(13-11-15)31-20(5-2)23(28)29)25-30-14-21-24-19-9-7-6-8-17(19)22(27)26(21)3/h4,6-13,20,25H,5,14H2,1-3H3,(H,28,29). The van der Waals surface area contributed by atoms with Crippen LogP contribution in [-0.4, -0.2) is 26.7 Å². The van der Waals surface area contributed by atoms with E-state index in [0.29, 0.717) is 34.6 Å². The normalized spacial score (nSPS) is 12.5. The fourth-order valence-electron chi connectivity index (χ4n) is 3.04. The minimum atomic E-state index is -0.993. The highest BCUT2D eigenvalue weighted by Gasteiger charge is 2.16. The molecule has 1 atom stereocenters. The molecular formula is C23H25N3O5. The molecule has 1 unspecified atom stereocenters. The number of nitrogens with zero attached hydrogens (tertiary/aromatic N) is 2. The number of allylic oxidation sites excluding steroid dienone is 1.